The zero-order valence-corrected chi connectivity index (χ0v) is 19.4. The standard InChI is InChI=1S/C27H18F4N6O/c28-12-7-9(24(38)35-13-8-10(3-4-33-13)27(29,30)31)1-2-11(12)21-22-23(32)34-5-6-37(22)25(36-21)26-18-15-14-16(18)20(26)17(14)19(15)26/h1-8,14-20H,(H2,32,34)(H,33,35,38). The average molecular weight is 518 g/mol. The smallest absolute Gasteiger partial charge is 0.382 e. The Morgan fingerprint density at radius 2 is 1.74 bits per heavy atom. The molecule has 0 radical (unpaired) electrons. The van der Waals surface area contributed by atoms with Gasteiger partial charge in [-0.2, -0.15) is 13.2 Å². The third-order valence-corrected chi connectivity index (χ3v) is 10.3. The van der Waals surface area contributed by atoms with E-state index < -0.39 is 23.5 Å². The summed E-state index contributed by atoms with van der Waals surface area (Å²) in [4.78, 5) is 25.7. The van der Waals surface area contributed by atoms with E-state index in [1.165, 1.54) is 12.1 Å². The predicted octanol–water partition coefficient (Wildman–Crippen LogP) is 4.40. The second-order valence-electron chi connectivity index (χ2n) is 11.2. The number of rotatable bonds is 4. The lowest BCUT2D eigenvalue weighted by Gasteiger charge is -3.07. The van der Waals surface area contributed by atoms with Crippen molar-refractivity contribution in [2.24, 2.45) is 41.4 Å². The lowest BCUT2D eigenvalue weighted by atomic mass is 8.96. The number of fused-ring (bicyclic) bond motifs is 1. The number of amides is 1. The number of imidazole rings is 1. The molecule has 0 saturated heterocycles. The molecule has 11 heteroatoms. The number of benzene rings is 1. The first-order valence-electron chi connectivity index (χ1n) is 12.5. The van der Waals surface area contributed by atoms with Crippen LogP contribution < -0.4 is 11.1 Å². The first-order chi connectivity index (χ1) is 18.2. The molecule has 1 amide bonds. The summed E-state index contributed by atoms with van der Waals surface area (Å²) in [7, 11) is 0. The van der Waals surface area contributed by atoms with Gasteiger partial charge in [0.05, 0.1) is 5.56 Å². The predicted molar refractivity (Wildman–Crippen MR) is 126 cm³/mol. The number of halogens is 4. The van der Waals surface area contributed by atoms with Crippen LogP contribution in [0.3, 0.4) is 0 Å². The van der Waals surface area contributed by atoms with E-state index >= 15 is 4.39 Å². The first kappa shape index (κ1) is 21.0. The molecule has 6 aliphatic carbocycles. The molecule has 1 aromatic carbocycles. The van der Waals surface area contributed by atoms with Crippen LogP contribution in [0.25, 0.3) is 16.8 Å². The van der Waals surface area contributed by atoms with Crippen LogP contribution in [0.5, 0.6) is 0 Å². The van der Waals surface area contributed by atoms with Gasteiger partial charge in [-0.1, -0.05) is 0 Å². The molecule has 6 aliphatic rings. The van der Waals surface area contributed by atoms with Gasteiger partial charge in [-0.05, 0) is 71.8 Å². The highest BCUT2D eigenvalue weighted by molar-refractivity contribution is 6.04. The van der Waals surface area contributed by atoms with Crippen molar-refractivity contribution in [1.29, 1.82) is 0 Å². The molecular weight excluding hydrogens is 500 g/mol. The van der Waals surface area contributed by atoms with Crippen molar-refractivity contribution in [2.75, 3.05) is 11.1 Å². The number of alkyl halides is 3. The van der Waals surface area contributed by atoms with Crippen LogP contribution in [-0.2, 0) is 11.6 Å². The monoisotopic (exact) mass is 518 g/mol. The van der Waals surface area contributed by atoms with Crippen LogP contribution in [0.4, 0.5) is 29.2 Å². The fraction of sp³-hybridized carbons (Fsp3) is 0.333. The van der Waals surface area contributed by atoms with E-state index in [4.69, 9.17) is 10.7 Å². The molecule has 10 rings (SSSR count). The summed E-state index contributed by atoms with van der Waals surface area (Å²) in [6.07, 6.45) is -0.171. The van der Waals surface area contributed by atoms with Gasteiger partial charge in [0.1, 0.15) is 34.5 Å². The minimum atomic E-state index is -4.58. The van der Waals surface area contributed by atoms with E-state index in [2.05, 4.69) is 15.3 Å². The van der Waals surface area contributed by atoms with Gasteiger partial charge in [0.15, 0.2) is 0 Å². The van der Waals surface area contributed by atoms with Crippen molar-refractivity contribution in [2.45, 2.75) is 11.6 Å². The van der Waals surface area contributed by atoms with Crippen LogP contribution in [0.2, 0.25) is 0 Å². The third-order valence-electron chi connectivity index (χ3n) is 10.3. The topological polar surface area (TPSA) is 98.2 Å². The van der Waals surface area contributed by atoms with Crippen LogP contribution >= 0.6 is 0 Å². The van der Waals surface area contributed by atoms with Gasteiger partial charge < -0.3 is 11.1 Å². The Morgan fingerprint density at radius 1 is 1.00 bits per heavy atom. The number of nitrogens with zero attached hydrogens (tertiary/aromatic N) is 4. The molecule has 3 heterocycles. The molecule has 0 bridgehead atoms. The van der Waals surface area contributed by atoms with E-state index in [1.54, 1.807) is 6.20 Å². The molecule has 3 N–H and O–H groups in total. The van der Waals surface area contributed by atoms with Gasteiger partial charge in [0.2, 0.25) is 0 Å². The number of carbonyl (C=O) groups is 1. The number of nitrogen functional groups attached to an aromatic ring is 1. The summed E-state index contributed by atoms with van der Waals surface area (Å²) in [5.74, 6) is 4.92. The van der Waals surface area contributed by atoms with Gasteiger partial charge in [-0.3, -0.25) is 9.20 Å². The summed E-state index contributed by atoms with van der Waals surface area (Å²) in [6, 6.07) is 5.42. The van der Waals surface area contributed by atoms with E-state index in [9.17, 15) is 18.0 Å². The van der Waals surface area contributed by atoms with Crippen LogP contribution in [0.15, 0.2) is 48.9 Å². The van der Waals surface area contributed by atoms with E-state index in [0.717, 1.165) is 53.9 Å². The zero-order valence-electron chi connectivity index (χ0n) is 19.4. The van der Waals surface area contributed by atoms with Crippen LogP contribution in [0.1, 0.15) is 21.7 Å². The number of hydrogen-bond acceptors (Lipinski definition) is 5. The zero-order chi connectivity index (χ0) is 25.9. The molecule has 0 unspecified atom stereocenters. The van der Waals surface area contributed by atoms with Crippen molar-refractivity contribution in [1.82, 2.24) is 19.4 Å². The summed E-state index contributed by atoms with van der Waals surface area (Å²) in [6.45, 7) is 0. The van der Waals surface area contributed by atoms with Gasteiger partial charge >= 0.3 is 6.18 Å². The summed E-state index contributed by atoms with van der Waals surface area (Å²) in [5.41, 5.74) is 6.42. The highest BCUT2D eigenvalue weighted by atomic mass is 19.4. The second kappa shape index (κ2) is 6.16. The quantitative estimate of drug-likeness (QED) is 0.390. The minimum absolute atomic E-state index is 0.0680. The van der Waals surface area contributed by atoms with Crippen molar-refractivity contribution in [3.8, 4) is 11.3 Å². The molecule has 0 atom stereocenters. The molecule has 0 aliphatic heterocycles. The Kier molecular flexibility index (Phi) is 3.40. The molecule has 6 fully saturated rings. The van der Waals surface area contributed by atoms with E-state index in [-0.39, 0.29) is 28.2 Å². The fourth-order valence-electron chi connectivity index (χ4n) is 9.15. The molecule has 4 aromatic rings. The largest absolute Gasteiger partial charge is 0.416 e. The fourth-order valence-corrected chi connectivity index (χ4v) is 9.15. The van der Waals surface area contributed by atoms with Gasteiger partial charge in [-0.15, -0.1) is 0 Å². The molecule has 3 aromatic heterocycles. The highest BCUT2D eigenvalue weighted by Gasteiger charge is 3.05. The summed E-state index contributed by atoms with van der Waals surface area (Å²) >= 11 is 0. The number of carbonyl (C=O) groups excluding carboxylic acids is 1. The Balaban J connectivity index is 1.07. The Bertz CT molecular complexity index is 1710. The molecule has 6 saturated carbocycles. The number of aromatic nitrogens is 4. The molecule has 7 nitrogen and oxygen atoms in total. The molecule has 0 spiro atoms. The SMILES string of the molecule is Nc1nccn2c(C34C5C6C7C5C3C7C64)nc(-c3ccc(C(=O)Nc4cc(C(F)(F)F)ccn4)cc3F)c12. The van der Waals surface area contributed by atoms with Crippen molar-refractivity contribution >= 4 is 23.1 Å². The number of hydrogen-bond donors (Lipinski definition) is 2. The number of anilines is 2. The molecule has 38 heavy (non-hydrogen) atoms. The second-order valence-corrected chi connectivity index (χ2v) is 11.2. The number of nitrogens with one attached hydrogen (secondary N) is 1. The number of nitrogens with two attached hydrogens (primary N) is 1. The average Bonchev–Trinajstić information content (AvgIpc) is 3.29. The highest BCUT2D eigenvalue weighted by Crippen LogP contribution is 3.05. The minimum Gasteiger partial charge on any atom is -0.382 e. The lowest BCUT2D eigenvalue weighted by Crippen LogP contribution is -3.07. The van der Waals surface area contributed by atoms with Crippen molar-refractivity contribution in [3.05, 3.63) is 71.7 Å². The van der Waals surface area contributed by atoms with Crippen LogP contribution in [-0.4, -0.2) is 25.3 Å². The van der Waals surface area contributed by atoms with Crippen molar-refractivity contribution < 1.29 is 22.4 Å². The normalized spacial score (nSPS) is 34.4. The van der Waals surface area contributed by atoms with Gasteiger partial charge in [0.25, 0.3) is 5.91 Å². The first-order valence-corrected chi connectivity index (χ1v) is 12.5. The summed E-state index contributed by atoms with van der Waals surface area (Å²) < 4.78 is 56.4. The van der Waals surface area contributed by atoms with E-state index in [1.807, 2.05) is 10.6 Å². The van der Waals surface area contributed by atoms with E-state index in [0.29, 0.717) is 29.0 Å². The Labute approximate surface area is 212 Å². The maximum atomic E-state index is 15.5. The maximum Gasteiger partial charge on any atom is 0.416 e. The van der Waals surface area contributed by atoms with Gasteiger partial charge in [0, 0.05) is 35.1 Å². The lowest BCUT2D eigenvalue weighted by molar-refractivity contribution is -0.583. The maximum absolute atomic E-state index is 15.5. The van der Waals surface area contributed by atoms with Crippen molar-refractivity contribution in [3.63, 3.8) is 0 Å². The third kappa shape index (κ3) is 2.03. The molecular formula is C27H18F4N6O. The Morgan fingerprint density at radius 3 is 2.42 bits per heavy atom. The summed E-state index contributed by atoms with van der Waals surface area (Å²) in [5, 5.41) is 2.30. The van der Waals surface area contributed by atoms with Crippen LogP contribution in [0, 0.1) is 47.2 Å². The Hall–Kier alpha value is -4.02. The number of pyridine rings is 1. The molecule has 190 valence electrons. The van der Waals surface area contributed by atoms with Gasteiger partial charge in [-0.25, -0.2) is 19.3 Å².